The zero-order valence-electron chi connectivity index (χ0n) is 11.5. The molecule has 18 heavy (non-hydrogen) atoms. The third kappa shape index (κ3) is 2.65. The second-order valence-corrected chi connectivity index (χ2v) is 6.60. The highest BCUT2D eigenvalue weighted by Gasteiger charge is 2.39. The van der Waals surface area contributed by atoms with Crippen molar-refractivity contribution in [1.82, 2.24) is 0 Å². The van der Waals surface area contributed by atoms with Crippen molar-refractivity contribution in [2.75, 3.05) is 6.61 Å². The maximum absolute atomic E-state index is 6.20. The molecular formula is C16H27NO. The summed E-state index contributed by atoms with van der Waals surface area (Å²) in [6.45, 7) is 0.980. The molecule has 102 valence electrons. The fourth-order valence-corrected chi connectivity index (χ4v) is 4.13. The average Bonchev–Trinajstić information content (AvgIpc) is 2.40. The summed E-state index contributed by atoms with van der Waals surface area (Å²) >= 11 is 0. The molecule has 0 aromatic heterocycles. The van der Waals surface area contributed by atoms with Crippen LogP contribution in [0.3, 0.4) is 0 Å². The molecule has 2 heteroatoms. The number of nitrogens with two attached hydrogens (primary N) is 1. The van der Waals surface area contributed by atoms with E-state index in [1.807, 2.05) is 0 Å². The molecular weight excluding hydrogens is 222 g/mol. The summed E-state index contributed by atoms with van der Waals surface area (Å²) in [5.74, 6) is 0.796. The Morgan fingerprint density at radius 1 is 1.17 bits per heavy atom. The highest BCUT2D eigenvalue weighted by Crippen LogP contribution is 2.44. The van der Waals surface area contributed by atoms with Gasteiger partial charge in [0.2, 0.25) is 0 Å². The molecule has 1 heterocycles. The second-order valence-electron chi connectivity index (χ2n) is 6.60. The quantitative estimate of drug-likeness (QED) is 0.721. The van der Waals surface area contributed by atoms with Gasteiger partial charge in [0.1, 0.15) is 0 Å². The van der Waals surface area contributed by atoms with Crippen molar-refractivity contribution >= 4 is 0 Å². The Hall–Kier alpha value is -0.340. The Morgan fingerprint density at radius 3 is 2.72 bits per heavy atom. The molecule has 1 aliphatic heterocycles. The first-order valence-electron chi connectivity index (χ1n) is 7.86. The lowest BCUT2D eigenvalue weighted by atomic mass is 9.72. The van der Waals surface area contributed by atoms with Gasteiger partial charge in [-0.15, -0.1) is 0 Å². The molecule has 3 rings (SSSR count). The van der Waals surface area contributed by atoms with Crippen molar-refractivity contribution < 1.29 is 4.74 Å². The Balaban J connectivity index is 1.66. The Bertz CT molecular complexity index is 312. The highest BCUT2D eigenvalue weighted by atomic mass is 16.5. The van der Waals surface area contributed by atoms with Crippen LogP contribution in [0.25, 0.3) is 0 Å². The molecule has 1 saturated carbocycles. The van der Waals surface area contributed by atoms with Crippen LogP contribution >= 0.6 is 0 Å². The van der Waals surface area contributed by atoms with Crippen LogP contribution in [0.15, 0.2) is 11.6 Å². The SMILES string of the molecule is NC1CC=C(C2CCOC3(CCCCC3)C2)CC1. The zero-order chi connectivity index (χ0) is 12.4. The van der Waals surface area contributed by atoms with Crippen LogP contribution in [0, 0.1) is 5.92 Å². The normalized spacial score (nSPS) is 36.4. The molecule has 1 saturated heterocycles. The fraction of sp³-hybridized carbons (Fsp3) is 0.875. The smallest absolute Gasteiger partial charge is 0.0688 e. The summed E-state index contributed by atoms with van der Waals surface area (Å²) in [5.41, 5.74) is 7.94. The number of allylic oxidation sites excluding steroid dienone is 1. The molecule has 2 fully saturated rings. The van der Waals surface area contributed by atoms with E-state index in [0.717, 1.165) is 18.9 Å². The molecule has 0 bridgehead atoms. The van der Waals surface area contributed by atoms with Crippen molar-refractivity contribution in [3.63, 3.8) is 0 Å². The van der Waals surface area contributed by atoms with Crippen molar-refractivity contribution in [2.45, 2.75) is 75.9 Å². The first-order chi connectivity index (χ1) is 8.77. The summed E-state index contributed by atoms with van der Waals surface area (Å²) in [4.78, 5) is 0. The van der Waals surface area contributed by atoms with E-state index in [9.17, 15) is 0 Å². The maximum atomic E-state index is 6.20. The van der Waals surface area contributed by atoms with Crippen LogP contribution in [0.2, 0.25) is 0 Å². The van der Waals surface area contributed by atoms with Gasteiger partial charge < -0.3 is 10.5 Å². The fourth-order valence-electron chi connectivity index (χ4n) is 4.13. The second kappa shape index (κ2) is 5.34. The number of hydrogen-bond donors (Lipinski definition) is 1. The van der Waals surface area contributed by atoms with E-state index in [4.69, 9.17) is 10.5 Å². The van der Waals surface area contributed by atoms with Gasteiger partial charge in [0.15, 0.2) is 0 Å². The Morgan fingerprint density at radius 2 is 2.00 bits per heavy atom. The molecule has 2 N–H and O–H groups in total. The van der Waals surface area contributed by atoms with Crippen LogP contribution in [0.4, 0.5) is 0 Å². The van der Waals surface area contributed by atoms with Gasteiger partial charge in [-0.1, -0.05) is 30.9 Å². The lowest BCUT2D eigenvalue weighted by molar-refractivity contribution is -0.112. The molecule has 2 nitrogen and oxygen atoms in total. The predicted molar refractivity (Wildman–Crippen MR) is 74.4 cm³/mol. The molecule has 1 spiro atoms. The molecule has 0 aromatic rings. The van der Waals surface area contributed by atoms with E-state index in [1.165, 1.54) is 57.8 Å². The average molecular weight is 249 g/mol. The van der Waals surface area contributed by atoms with Crippen LogP contribution < -0.4 is 5.73 Å². The van der Waals surface area contributed by atoms with Gasteiger partial charge >= 0.3 is 0 Å². The van der Waals surface area contributed by atoms with Crippen LogP contribution in [0.5, 0.6) is 0 Å². The Labute approximate surface area is 111 Å². The number of hydrogen-bond acceptors (Lipinski definition) is 2. The molecule has 0 radical (unpaired) electrons. The third-order valence-electron chi connectivity index (χ3n) is 5.27. The van der Waals surface area contributed by atoms with Gasteiger partial charge in [-0.2, -0.15) is 0 Å². The molecule has 2 atom stereocenters. The van der Waals surface area contributed by atoms with E-state index in [2.05, 4.69) is 6.08 Å². The van der Waals surface area contributed by atoms with Crippen molar-refractivity contribution in [3.8, 4) is 0 Å². The molecule has 2 aliphatic carbocycles. The lowest BCUT2D eigenvalue weighted by Gasteiger charge is -2.44. The highest BCUT2D eigenvalue weighted by molar-refractivity contribution is 5.13. The van der Waals surface area contributed by atoms with Crippen LogP contribution in [-0.4, -0.2) is 18.2 Å². The van der Waals surface area contributed by atoms with Gasteiger partial charge in [-0.3, -0.25) is 0 Å². The molecule has 2 unspecified atom stereocenters. The van der Waals surface area contributed by atoms with Gasteiger partial charge in [0.05, 0.1) is 5.60 Å². The number of ether oxygens (including phenoxy) is 1. The summed E-state index contributed by atoms with van der Waals surface area (Å²) in [7, 11) is 0. The van der Waals surface area contributed by atoms with Crippen molar-refractivity contribution in [2.24, 2.45) is 11.7 Å². The summed E-state index contributed by atoms with van der Waals surface area (Å²) in [6, 6.07) is 0.414. The molecule has 3 aliphatic rings. The predicted octanol–water partition coefficient (Wildman–Crippen LogP) is 3.55. The maximum Gasteiger partial charge on any atom is 0.0688 e. The van der Waals surface area contributed by atoms with E-state index >= 15 is 0 Å². The molecule has 0 amide bonds. The van der Waals surface area contributed by atoms with E-state index in [0.29, 0.717) is 6.04 Å². The summed E-state index contributed by atoms with van der Waals surface area (Å²) < 4.78 is 6.20. The van der Waals surface area contributed by atoms with Gasteiger partial charge in [-0.05, 0) is 50.9 Å². The van der Waals surface area contributed by atoms with Gasteiger partial charge in [-0.25, -0.2) is 0 Å². The largest absolute Gasteiger partial charge is 0.375 e. The first-order valence-corrected chi connectivity index (χ1v) is 7.86. The van der Waals surface area contributed by atoms with Crippen molar-refractivity contribution in [1.29, 1.82) is 0 Å². The monoisotopic (exact) mass is 249 g/mol. The zero-order valence-corrected chi connectivity index (χ0v) is 11.5. The topological polar surface area (TPSA) is 35.2 Å². The standard InChI is InChI=1S/C16H27NO/c17-15-6-4-13(5-7-15)14-8-11-18-16(12-14)9-2-1-3-10-16/h4,14-15H,1-3,5-12,17H2. The van der Waals surface area contributed by atoms with Gasteiger partial charge in [0, 0.05) is 12.6 Å². The van der Waals surface area contributed by atoms with E-state index in [-0.39, 0.29) is 5.60 Å². The van der Waals surface area contributed by atoms with Crippen LogP contribution in [0.1, 0.15) is 64.2 Å². The first kappa shape index (κ1) is 12.7. The van der Waals surface area contributed by atoms with Crippen molar-refractivity contribution in [3.05, 3.63) is 11.6 Å². The van der Waals surface area contributed by atoms with E-state index < -0.39 is 0 Å². The minimum Gasteiger partial charge on any atom is -0.375 e. The lowest BCUT2D eigenvalue weighted by Crippen LogP contribution is -2.42. The third-order valence-corrected chi connectivity index (χ3v) is 5.27. The number of rotatable bonds is 1. The minimum absolute atomic E-state index is 0.252. The molecule has 0 aromatic carbocycles. The summed E-state index contributed by atoms with van der Waals surface area (Å²) in [6.07, 6.45) is 15.3. The minimum atomic E-state index is 0.252. The van der Waals surface area contributed by atoms with E-state index in [1.54, 1.807) is 5.57 Å². The summed E-state index contributed by atoms with van der Waals surface area (Å²) in [5, 5.41) is 0. The van der Waals surface area contributed by atoms with Crippen LogP contribution in [-0.2, 0) is 4.74 Å². The van der Waals surface area contributed by atoms with Gasteiger partial charge in [0.25, 0.3) is 0 Å². The Kier molecular flexibility index (Phi) is 3.76.